The van der Waals surface area contributed by atoms with Gasteiger partial charge in [0.15, 0.2) is 0 Å². The highest BCUT2D eigenvalue weighted by Gasteiger charge is 2.46. The van der Waals surface area contributed by atoms with Gasteiger partial charge in [-0.1, -0.05) is 11.6 Å². The van der Waals surface area contributed by atoms with E-state index in [0.29, 0.717) is 12.0 Å². The third kappa shape index (κ3) is 2.81. The number of ether oxygens (including phenoxy) is 1. The molecule has 5 nitrogen and oxygen atoms in total. The Labute approximate surface area is 150 Å². The number of fused-ring (bicyclic) bond motifs is 2. The van der Waals surface area contributed by atoms with Gasteiger partial charge in [-0.3, -0.25) is 0 Å². The van der Waals surface area contributed by atoms with Crippen LogP contribution in [0.25, 0.3) is 0 Å². The summed E-state index contributed by atoms with van der Waals surface area (Å²) in [6, 6.07) is 2.63. The lowest BCUT2D eigenvalue weighted by atomic mass is 9.78. The second-order valence-electron chi connectivity index (χ2n) is 6.62. The van der Waals surface area contributed by atoms with E-state index in [4.69, 9.17) is 16.3 Å². The highest BCUT2D eigenvalue weighted by Crippen LogP contribution is 2.49. The molecule has 1 fully saturated rings. The summed E-state index contributed by atoms with van der Waals surface area (Å²) in [5.74, 6) is 0.638. The normalized spacial score (nSPS) is 29.5. The molecule has 0 radical (unpaired) electrons. The molecule has 3 unspecified atom stereocenters. The summed E-state index contributed by atoms with van der Waals surface area (Å²) >= 11 is 7.97. The quantitative estimate of drug-likeness (QED) is 0.853. The van der Waals surface area contributed by atoms with Crippen molar-refractivity contribution in [2.24, 2.45) is 0 Å². The number of thiophene rings is 1. The fourth-order valence-electron chi connectivity index (χ4n) is 3.92. The molecule has 2 aromatic heterocycles. The summed E-state index contributed by atoms with van der Waals surface area (Å²) < 4.78 is 7.23. The van der Waals surface area contributed by atoms with Crippen LogP contribution in [-0.2, 0) is 16.8 Å². The zero-order chi connectivity index (χ0) is 16.7. The van der Waals surface area contributed by atoms with E-state index in [1.54, 1.807) is 11.3 Å². The third-order valence-corrected chi connectivity index (χ3v) is 6.39. The first kappa shape index (κ1) is 16.3. The number of rotatable bonds is 2. The third-order valence-electron chi connectivity index (χ3n) is 4.90. The Kier molecular flexibility index (Phi) is 4.24. The van der Waals surface area contributed by atoms with Gasteiger partial charge in [0.05, 0.1) is 10.9 Å². The van der Waals surface area contributed by atoms with Gasteiger partial charge in [0.2, 0.25) is 5.95 Å². The van der Waals surface area contributed by atoms with Crippen LogP contribution in [0.4, 0.5) is 5.95 Å². The van der Waals surface area contributed by atoms with Gasteiger partial charge in [0.25, 0.3) is 0 Å². The van der Waals surface area contributed by atoms with Crippen LogP contribution >= 0.6 is 22.9 Å². The maximum Gasteiger partial charge on any atom is 0.222 e. The number of halogens is 1. The number of aromatic nitrogens is 2. The molecule has 2 N–H and O–H groups in total. The zero-order valence-corrected chi connectivity index (χ0v) is 15.4. The fraction of sp³-hybridized carbons (Fsp3) is 0.529. The molecular formula is C17H21ClN4OS. The minimum absolute atomic E-state index is 0.173. The van der Waals surface area contributed by atoms with Crippen molar-refractivity contribution < 1.29 is 4.74 Å². The Morgan fingerprint density at radius 2 is 2.17 bits per heavy atom. The van der Waals surface area contributed by atoms with Crippen LogP contribution in [0.3, 0.4) is 0 Å². The number of hydrogen-bond acceptors (Lipinski definition) is 6. The molecule has 4 rings (SSSR count). The number of nitrogens with one attached hydrogen (secondary N) is 2. The molecule has 2 aliphatic rings. The summed E-state index contributed by atoms with van der Waals surface area (Å²) in [7, 11) is 1.82. The largest absolute Gasteiger partial charge is 0.369 e. The van der Waals surface area contributed by atoms with Crippen LogP contribution in [0.1, 0.15) is 41.8 Å². The van der Waals surface area contributed by atoms with Gasteiger partial charge in [-0.25, -0.2) is 9.97 Å². The maximum absolute atomic E-state index is 6.37. The lowest BCUT2D eigenvalue weighted by molar-refractivity contribution is -0.0954. The van der Waals surface area contributed by atoms with Crippen molar-refractivity contribution in [1.82, 2.24) is 15.3 Å². The fourth-order valence-corrected chi connectivity index (χ4v) is 5.38. The van der Waals surface area contributed by atoms with Crippen LogP contribution in [0, 0.1) is 0 Å². The topological polar surface area (TPSA) is 59.1 Å². The van der Waals surface area contributed by atoms with Crippen molar-refractivity contribution in [3.8, 4) is 0 Å². The second kappa shape index (κ2) is 6.26. The molecule has 4 heterocycles. The van der Waals surface area contributed by atoms with Crippen LogP contribution < -0.4 is 10.6 Å². The lowest BCUT2D eigenvalue weighted by Crippen LogP contribution is -2.49. The van der Waals surface area contributed by atoms with Gasteiger partial charge in [0, 0.05) is 48.4 Å². The first-order valence-electron chi connectivity index (χ1n) is 8.28. The van der Waals surface area contributed by atoms with Gasteiger partial charge >= 0.3 is 0 Å². The Bertz CT molecular complexity index is 735. The molecule has 0 aromatic carbocycles. The molecule has 1 saturated heterocycles. The predicted molar refractivity (Wildman–Crippen MR) is 96.8 cm³/mol. The van der Waals surface area contributed by atoms with E-state index in [0.717, 1.165) is 35.8 Å². The molecule has 3 atom stereocenters. The summed E-state index contributed by atoms with van der Waals surface area (Å²) in [5, 5.41) is 6.63. The average molecular weight is 365 g/mol. The van der Waals surface area contributed by atoms with Crippen LogP contribution in [-0.4, -0.2) is 29.7 Å². The van der Waals surface area contributed by atoms with Crippen molar-refractivity contribution in [3.05, 3.63) is 38.8 Å². The molecule has 24 heavy (non-hydrogen) atoms. The van der Waals surface area contributed by atoms with E-state index in [-0.39, 0.29) is 11.6 Å². The Morgan fingerprint density at radius 3 is 2.92 bits per heavy atom. The Morgan fingerprint density at radius 1 is 1.38 bits per heavy atom. The maximum atomic E-state index is 6.37. The molecule has 7 heteroatoms. The SMILES string of the molecule is CNc1ncc(C2CC3(CC(C)N2)OCCc2cc(Cl)sc23)cn1. The van der Waals surface area contributed by atoms with E-state index in [2.05, 4.69) is 33.6 Å². The summed E-state index contributed by atoms with van der Waals surface area (Å²) in [5.41, 5.74) is 2.20. The number of nitrogens with zero attached hydrogens (tertiary/aromatic N) is 2. The van der Waals surface area contributed by atoms with E-state index in [1.807, 2.05) is 19.4 Å². The van der Waals surface area contributed by atoms with E-state index < -0.39 is 0 Å². The summed E-state index contributed by atoms with van der Waals surface area (Å²) in [6.45, 7) is 2.97. The molecule has 0 bridgehead atoms. The molecule has 0 saturated carbocycles. The predicted octanol–water partition coefficient (Wildman–Crippen LogP) is 3.51. The number of piperidine rings is 1. The van der Waals surface area contributed by atoms with Crippen molar-refractivity contribution in [2.75, 3.05) is 19.0 Å². The average Bonchev–Trinajstić information content (AvgIpc) is 2.97. The van der Waals surface area contributed by atoms with Crippen LogP contribution in [0.2, 0.25) is 4.34 Å². The molecule has 0 amide bonds. The summed E-state index contributed by atoms with van der Waals surface area (Å²) in [6.07, 6.45) is 6.58. The highest BCUT2D eigenvalue weighted by molar-refractivity contribution is 7.16. The molecule has 1 spiro atoms. The van der Waals surface area contributed by atoms with E-state index >= 15 is 0 Å². The van der Waals surface area contributed by atoms with Crippen LogP contribution in [0.15, 0.2) is 18.5 Å². The molecule has 2 aliphatic heterocycles. The van der Waals surface area contributed by atoms with E-state index in [9.17, 15) is 0 Å². The molecular weight excluding hydrogens is 344 g/mol. The van der Waals surface area contributed by atoms with Crippen molar-refractivity contribution in [1.29, 1.82) is 0 Å². The van der Waals surface area contributed by atoms with Gasteiger partial charge in [-0.15, -0.1) is 11.3 Å². The lowest BCUT2D eigenvalue weighted by Gasteiger charge is -2.46. The number of hydrogen-bond donors (Lipinski definition) is 2. The van der Waals surface area contributed by atoms with Gasteiger partial charge in [-0.05, 0) is 31.4 Å². The molecule has 0 aliphatic carbocycles. The van der Waals surface area contributed by atoms with Gasteiger partial charge in [-0.2, -0.15) is 0 Å². The van der Waals surface area contributed by atoms with Gasteiger partial charge < -0.3 is 15.4 Å². The standard InChI is InChI=1S/C17H21ClN4OS/c1-10-6-17(15-11(3-4-23-17)5-14(18)24-15)7-13(22-10)12-8-20-16(19-2)21-9-12/h5,8-10,13,22H,3-4,6-7H2,1-2H3,(H,19,20,21). The van der Waals surface area contributed by atoms with Crippen molar-refractivity contribution in [3.63, 3.8) is 0 Å². The second-order valence-corrected chi connectivity index (χ2v) is 8.30. The molecule has 128 valence electrons. The minimum atomic E-state index is -0.248. The molecule has 2 aromatic rings. The van der Waals surface area contributed by atoms with Crippen LogP contribution in [0.5, 0.6) is 0 Å². The number of anilines is 1. The van der Waals surface area contributed by atoms with E-state index in [1.165, 1.54) is 10.4 Å². The van der Waals surface area contributed by atoms with Crippen molar-refractivity contribution >= 4 is 28.9 Å². The Balaban J connectivity index is 1.68. The first-order valence-corrected chi connectivity index (χ1v) is 9.47. The minimum Gasteiger partial charge on any atom is -0.369 e. The zero-order valence-electron chi connectivity index (χ0n) is 13.8. The smallest absolute Gasteiger partial charge is 0.222 e. The van der Waals surface area contributed by atoms with Crippen molar-refractivity contribution in [2.45, 2.75) is 43.9 Å². The van der Waals surface area contributed by atoms with Gasteiger partial charge in [0.1, 0.15) is 5.60 Å². The Hall–Kier alpha value is -1.21. The highest BCUT2D eigenvalue weighted by atomic mass is 35.5. The first-order chi connectivity index (χ1) is 11.6. The summed E-state index contributed by atoms with van der Waals surface area (Å²) in [4.78, 5) is 10.0. The monoisotopic (exact) mass is 364 g/mol.